The molecule has 1 aliphatic heterocycles. The lowest BCUT2D eigenvalue weighted by Crippen LogP contribution is -2.67. The Kier molecular flexibility index (Phi) is 6.52. The zero-order valence-electron chi connectivity index (χ0n) is 22.0. The van der Waals surface area contributed by atoms with Gasteiger partial charge in [-0.05, 0) is 66.8 Å². The largest absolute Gasteiger partial charge is 0.356 e. The van der Waals surface area contributed by atoms with Gasteiger partial charge in [-0.25, -0.2) is 0 Å². The van der Waals surface area contributed by atoms with Crippen LogP contribution in [0.3, 0.4) is 0 Å². The molecule has 1 fully saturated rings. The average molecular weight is 503 g/mol. The maximum atomic E-state index is 14.3. The first-order valence-electron chi connectivity index (χ1n) is 12.9. The Hall–Kier alpha value is -3.68. The molecule has 8 nitrogen and oxygen atoms in total. The fourth-order valence-corrected chi connectivity index (χ4v) is 5.79. The van der Waals surface area contributed by atoms with E-state index in [-0.39, 0.29) is 29.6 Å². The number of nitrogens with one attached hydrogen (secondary N) is 1. The van der Waals surface area contributed by atoms with E-state index in [0.717, 1.165) is 5.39 Å². The van der Waals surface area contributed by atoms with E-state index in [1.54, 1.807) is 31.1 Å². The number of carbonyl (C=O) groups excluding carboxylic acids is 3. The molecule has 3 aromatic rings. The molecule has 0 unspecified atom stereocenters. The van der Waals surface area contributed by atoms with E-state index in [0.29, 0.717) is 36.1 Å². The third-order valence-electron chi connectivity index (χ3n) is 7.65. The van der Waals surface area contributed by atoms with Crippen molar-refractivity contribution in [3.8, 4) is 0 Å². The molecule has 1 aromatic heterocycles. The molecular formula is C29H34N4O4. The molecule has 3 amide bonds. The van der Waals surface area contributed by atoms with Gasteiger partial charge in [-0.2, -0.15) is 0 Å². The summed E-state index contributed by atoms with van der Waals surface area (Å²) in [5.41, 5.74) is 4.37. The summed E-state index contributed by atoms with van der Waals surface area (Å²) in [7, 11) is 3.35. The van der Waals surface area contributed by atoms with Gasteiger partial charge in [-0.3, -0.25) is 14.4 Å². The van der Waals surface area contributed by atoms with Gasteiger partial charge in [0.25, 0.3) is 0 Å². The van der Waals surface area contributed by atoms with Crippen LogP contribution in [0.25, 0.3) is 11.0 Å². The quantitative estimate of drug-likeness (QED) is 0.557. The highest BCUT2D eigenvalue weighted by molar-refractivity contribution is 6.00. The van der Waals surface area contributed by atoms with Crippen LogP contribution in [0, 0.1) is 18.8 Å². The number of hydrogen-bond acceptors (Lipinski definition) is 5. The Labute approximate surface area is 217 Å². The predicted octanol–water partition coefficient (Wildman–Crippen LogP) is 3.42. The first-order chi connectivity index (χ1) is 17.7. The monoisotopic (exact) mass is 502 g/mol. The minimum absolute atomic E-state index is 0.0609. The van der Waals surface area contributed by atoms with E-state index in [1.165, 1.54) is 16.0 Å². The minimum Gasteiger partial charge on any atom is -0.356 e. The fraction of sp³-hybridized carbons (Fsp3) is 0.448. The number of likely N-dealkylation sites (N-methyl/N-ethyl adjacent to an activating group) is 1. The molecule has 2 aliphatic rings. The number of aryl methyl sites for hydroxylation is 1. The Morgan fingerprint density at radius 1 is 1.14 bits per heavy atom. The van der Waals surface area contributed by atoms with Gasteiger partial charge in [0.15, 0.2) is 5.58 Å². The van der Waals surface area contributed by atoms with Gasteiger partial charge in [-0.15, -0.1) is 0 Å². The molecule has 2 aromatic carbocycles. The summed E-state index contributed by atoms with van der Waals surface area (Å²) < 4.78 is 5.37. The second kappa shape index (κ2) is 9.65. The smallest absolute Gasteiger partial charge is 0.249 e. The van der Waals surface area contributed by atoms with Crippen LogP contribution in [0.4, 0.5) is 0 Å². The fourth-order valence-electron chi connectivity index (χ4n) is 5.79. The van der Waals surface area contributed by atoms with E-state index in [2.05, 4.69) is 22.6 Å². The van der Waals surface area contributed by atoms with Crippen LogP contribution in [-0.2, 0) is 27.2 Å². The highest BCUT2D eigenvalue weighted by Gasteiger charge is 2.49. The molecule has 2 heterocycles. The Morgan fingerprint density at radius 3 is 2.43 bits per heavy atom. The van der Waals surface area contributed by atoms with Crippen molar-refractivity contribution < 1.29 is 18.9 Å². The Bertz CT molecular complexity index is 1340. The molecule has 0 saturated carbocycles. The number of rotatable bonds is 6. The lowest BCUT2D eigenvalue weighted by Gasteiger charge is -2.45. The molecular weight excluding hydrogens is 468 g/mol. The third-order valence-corrected chi connectivity index (χ3v) is 7.65. The molecule has 5 rings (SSSR count). The predicted molar refractivity (Wildman–Crippen MR) is 140 cm³/mol. The van der Waals surface area contributed by atoms with Gasteiger partial charge >= 0.3 is 0 Å². The number of aromatic nitrogens is 1. The summed E-state index contributed by atoms with van der Waals surface area (Å²) in [5, 5.41) is 7.88. The zero-order valence-corrected chi connectivity index (χ0v) is 22.0. The first-order valence-corrected chi connectivity index (χ1v) is 12.9. The van der Waals surface area contributed by atoms with Gasteiger partial charge in [-0.1, -0.05) is 49.3 Å². The highest BCUT2D eigenvalue weighted by Crippen LogP contribution is 2.36. The van der Waals surface area contributed by atoms with E-state index >= 15 is 0 Å². The van der Waals surface area contributed by atoms with E-state index in [1.807, 2.05) is 39.0 Å². The van der Waals surface area contributed by atoms with Crippen molar-refractivity contribution in [3.05, 3.63) is 64.8 Å². The van der Waals surface area contributed by atoms with Gasteiger partial charge in [0.2, 0.25) is 17.7 Å². The molecule has 1 saturated heterocycles. The van der Waals surface area contributed by atoms with Gasteiger partial charge in [0, 0.05) is 19.5 Å². The van der Waals surface area contributed by atoms with Crippen molar-refractivity contribution in [2.24, 2.45) is 11.8 Å². The van der Waals surface area contributed by atoms with Gasteiger partial charge < -0.3 is 19.6 Å². The summed E-state index contributed by atoms with van der Waals surface area (Å²) in [4.78, 5) is 44.8. The second-order valence-corrected chi connectivity index (χ2v) is 11.0. The summed E-state index contributed by atoms with van der Waals surface area (Å²) >= 11 is 0. The zero-order chi connectivity index (χ0) is 26.4. The summed E-state index contributed by atoms with van der Waals surface area (Å²) in [5.74, 6) is -0.567. The van der Waals surface area contributed by atoms with Crippen molar-refractivity contribution in [1.29, 1.82) is 0 Å². The van der Waals surface area contributed by atoms with E-state index < -0.39 is 18.1 Å². The van der Waals surface area contributed by atoms with Crippen molar-refractivity contribution in [2.75, 3.05) is 14.1 Å². The maximum Gasteiger partial charge on any atom is 0.249 e. The molecule has 0 radical (unpaired) electrons. The molecule has 0 spiro atoms. The van der Waals surface area contributed by atoms with Crippen molar-refractivity contribution in [3.63, 3.8) is 0 Å². The molecule has 194 valence electrons. The number of hydrogen-bond donors (Lipinski definition) is 1. The SMILES string of the molecule is Cc1noc2ccc([C@H](C(=O)N(C)C)N3C(=O)[C@@H](C4Cc5ccccc5C4)NC(=O)[C@H]3CC(C)C)cc12. The number of nitrogens with zero attached hydrogens (tertiary/aromatic N) is 3. The number of carbonyl (C=O) groups is 3. The van der Waals surface area contributed by atoms with Crippen LogP contribution in [-0.4, -0.2) is 58.9 Å². The summed E-state index contributed by atoms with van der Waals surface area (Å²) in [6.45, 7) is 5.88. The van der Waals surface area contributed by atoms with Crippen LogP contribution in [0.15, 0.2) is 47.0 Å². The summed E-state index contributed by atoms with van der Waals surface area (Å²) in [6.07, 6.45) is 1.89. The number of fused-ring (bicyclic) bond motifs is 2. The van der Waals surface area contributed by atoms with Crippen molar-refractivity contribution in [2.45, 2.75) is 58.2 Å². The first kappa shape index (κ1) is 25.0. The lowest BCUT2D eigenvalue weighted by molar-refractivity contribution is -0.159. The van der Waals surface area contributed by atoms with Crippen molar-refractivity contribution in [1.82, 2.24) is 20.3 Å². The summed E-state index contributed by atoms with van der Waals surface area (Å²) in [6, 6.07) is 11.2. The van der Waals surface area contributed by atoms with Crippen LogP contribution < -0.4 is 5.32 Å². The number of benzene rings is 2. The average Bonchev–Trinajstić information content (AvgIpc) is 3.46. The van der Waals surface area contributed by atoms with Crippen LogP contribution in [0.5, 0.6) is 0 Å². The lowest BCUT2D eigenvalue weighted by atomic mass is 9.87. The van der Waals surface area contributed by atoms with Crippen LogP contribution in [0.1, 0.15) is 48.7 Å². The van der Waals surface area contributed by atoms with E-state index in [9.17, 15) is 14.4 Å². The molecule has 3 atom stereocenters. The third kappa shape index (κ3) is 4.49. The van der Waals surface area contributed by atoms with Crippen LogP contribution >= 0.6 is 0 Å². The molecule has 0 bridgehead atoms. The number of amides is 3. The standard InChI is InChI=1S/C29H34N4O4/c1-16(2)12-23-27(34)30-25(21-13-18-8-6-7-9-19(18)14-21)28(35)33(23)26(29(36)32(4)5)20-10-11-24-22(15-20)17(3)31-37-24/h6-11,15-16,21,23,25-26H,12-14H2,1-5H3,(H,30,34)/t23-,25-,26-/m1/s1. The topological polar surface area (TPSA) is 95.8 Å². The Morgan fingerprint density at radius 2 is 1.81 bits per heavy atom. The number of piperazine rings is 1. The minimum atomic E-state index is -0.942. The van der Waals surface area contributed by atoms with E-state index in [4.69, 9.17) is 4.52 Å². The molecule has 8 heteroatoms. The highest BCUT2D eigenvalue weighted by atomic mass is 16.5. The van der Waals surface area contributed by atoms with Crippen molar-refractivity contribution >= 4 is 28.7 Å². The molecule has 1 aliphatic carbocycles. The normalized spacial score (nSPS) is 20.9. The maximum absolute atomic E-state index is 14.3. The van der Waals surface area contributed by atoms with Crippen LogP contribution in [0.2, 0.25) is 0 Å². The van der Waals surface area contributed by atoms with Gasteiger partial charge in [0.1, 0.15) is 18.1 Å². The molecule has 37 heavy (non-hydrogen) atoms. The Balaban J connectivity index is 1.59. The van der Waals surface area contributed by atoms with Gasteiger partial charge in [0.05, 0.1) is 5.69 Å². The second-order valence-electron chi connectivity index (χ2n) is 11.0. The molecule has 1 N–H and O–H groups in total.